The van der Waals surface area contributed by atoms with Crippen molar-refractivity contribution in [2.75, 3.05) is 6.61 Å². The lowest BCUT2D eigenvalue weighted by atomic mass is 10.1. The molecule has 0 N–H and O–H groups in total. The molecule has 0 amide bonds. The van der Waals surface area contributed by atoms with Crippen molar-refractivity contribution in [3.63, 3.8) is 0 Å². The molecular formula is C13H14BrNOS. The number of pyridine rings is 1. The van der Waals surface area contributed by atoms with Gasteiger partial charge in [0.2, 0.25) is 0 Å². The summed E-state index contributed by atoms with van der Waals surface area (Å²) in [5.41, 5.74) is 1.32. The Hall–Kier alpha value is -0.710. The van der Waals surface area contributed by atoms with E-state index in [0.29, 0.717) is 6.61 Å². The molecule has 0 fully saturated rings. The van der Waals surface area contributed by atoms with E-state index >= 15 is 0 Å². The maximum atomic E-state index is 5.63. The summed E-state index contributed by atoms with van der Waals surface area (Å²) >= 11 is 5.17. The van der Waals surface area contributed by atoms with Crippen LogP contribution in [0.25, 0.3) is 0 Å². The first kappa shape index (κ1) is 12.7. The van der Waals surface area contributed by atoms with E-state index in [1.807, 2.05) is 12.4 Å². The van der Waals surface area contributed by atoms with Gasteiger partial charge in [0.05, 0.1) is 10.4 Å². The van der Waals surface area contributed by atoms with Gasteiger partial charge >= 0.3 is 0 Å². The molecule has 0 aliphatic carbocycles. The fourth-order valence-electron chi connectivity index (χ4n) is 1.53. The van der Waals surface area contributed by atoms with E-state index in [1.165, 1.54) is 10.4 Å². The van der Waals surface area contributed by atoms with Gasteiger partial charge in [0.1, 0.15) is 0 Å². The maximum Gasteiger partial charge on any atom is 0.0809 e. The fraction of sp³-hybridized carbons (Fsp3) is 0.308. The largest absolute Gasteiger partial charge is 0.376 e. The number of hydrogen-bond donors (Lipinski definition) is 0. The highest BCUT2D eigenvalue weighted by atomic mass is 79.9. The van der Waals surface area contributed by atoms with Crippen LogP contribution in [0.3, 0.4) is 0 Å². The van der Waals surface area contributed by atoms with E-state index in [-0.39, 0.29) is 0 Å². The van der Waals surface area contributed by atoms with Crippen molar-refractivity contribution in [2.24, 2.45) is 0 Å². The molecule has 0 saturated heterocycles. The third-order valence-corrected chi connectivity index (χ3v) is 3.97. The molecule has 0 aliphatic rings. The summed E-state index contributed by atoms with van der Waals surface area (Å²) in [7, 11) is 0. The van der Waals surface area contributed by atoms with Gasteiger partial charge in [0.15, 0.2) is 0 Å². The summed E-state index contributed by atoms with van der Waals surface area (Å²) in [6.07, 6.45) is 5.77. The smallest absolute Gasteiger partial charge is 0.0809 e. The molecule has 4 heteroatoms. The number of hydrogen-bond acceptors (Lipinski definition) is 3. The molecule has 2 aromatic rings. The second kappa shape index (κ2) is 6.89. The van der Waals surface area contributed by atoms with Crippen LogP contribution in [0.5, 0.6) is 0 Å². The minimum Gasteiger partial charge on any atom is -0.376 e. The first-order valence-corrected chi connectivity index (χ1v) is 7.16. The summed E-state index contributed by atoms with van der Waals surface area (Å²) in [4.78, 5) is 5.26. The number of ether oxygens (including phenoxy) is 1. The number of halogens is 1. The van der Waals surface area contributed by atoms with Crippen molar-refractivity contribution >= 4 is 27.3 Å². The molecule has 2 rings (SSSR count). The molecule has 2 nitrogen and oxygen atoms in total. The van der Waals surface area contributed by atoms with Crippen LogP contribution >= 0.6 is 27.3 Å². The van der Waals surface area contributed by atoms with Gasteiger partial charge in [-0.15, -0.1) is 11.3 Å². The zero-order valence-corrected chi connectivity index (χ0v) is 11.8. The lowest BCUT2D eigenvalue weighted by Crippen LogP contribution is -1.96. The number of aryl methyl sites for hydroxylation is 1. The Morgan fingerprint density at radius 2 is 2.00 bits per heavy atom. The topological polar surface area (TPSA) is 22.1 Å². The first-order chi connectivity index (χ1) is 8.34. The molecule has 0 radical (unpaired) electrons. The Morgan fingerprint density at radius 3 is 2.71 bits per heavy atom. The standard InChI is InChI=1S/C13H14BrNOS/c14-13-4-3-12(17-13)10-16-9-1-2-11-5-7-15-8-6-11/h3-8H,1-2,9-10H2. The van der Waals surface area contributed by atoms with Crippen LogP contribution in [0.1, 0.15) is 16.9 Å². The van der Waals surface area contributed by atoms with Crippen LogP contribution in [0.4, 0.5) is 0 Å². The highest BCUT2D eigenvalue weighted by molar-refractivity contribution is 9.11. The lowest BCUT2D eigenvalue weighted by molar-refractivity contribution is 0.121. The summed E-state index contributed by atoms with van der Waals surface area (Å²) in [6, 6.07) is 8.25. The van der Waals surface area contributed by atoms with E-state index in [1.54, 1.807) is 11.3 Å². The van der Waals surface area contributed by atoms with Gasteiger partial charge in [0, 0.05) is 23.9 Å². The zero-order valence-electron chi connectivity index (χ0n) is 9.43. The average molecular weight is 312 g/mol. The molecule has 0 aromatic carbocycles. The second-order valence-electron chi connectivity index (χ2n) is 3.72. The Kier molecular flexibility index (Phi) is 5.16. The van der Waals surface area contributed by atoms with Crippen molar-refractivity contribution in [3.8, 4) is 0 Å². The molecule has 0 aliphatic heterocycles. The van der Waals surface area contributed by atoms with Crippen molar-refractivity contribution < 1.29 is 4.74 Å². The molecule has 0 saturated carbocycles. The van der Waals surface area contributed by atoms with E-state index < -0.39 is 0 Å². The molecule has 0 spiro atoms. The fourth-order valence-corrected chi connectivity index (χ4v) is 2.95. The quantitative estimate of drug-likeness (QED) is 0.751. The van der Waals surface area contributed by atoms with Crippen molar-refractivity contribution in [1.82, 2.24) is 4.98 Å². The van der Waals surface area contributed by atoms with E-state index in [0.717, 1.165) is 23.2 Å². The Labute approximate surface area is 114 Å². The third-order valence-electron chi connectivity index (χ3n) is 2.38. The summed E-state index contributed by atoms with van der Waals surface area (Å²) in [6.45, 7) is 1.52. The van der Waals surface area contributed by atoms with Crippen LogP contribution in [-0.2, 0) is 17.8 Å². The molecule has 90 valence electrons. The third kappa shape index (κ3) is 4.58. The Morgan fingerprint density at radius 1 is 1.18 bits per heavy atom. The minimum atomic E-state index is 0.715. The molecule has 17 heavy (non-hydrogen) atoms. The molecular weight excluding hydrogens is 298 g/mol. The molecule has 0 unspecified atom stereocenters. The van der Waals surface area contributed by atoms with Crippen LogP contribution in [0.2, 0.25) is 0 Å². The average Bonchev–Trinajstić information content (AvgIpc) is 2.76. The highest BCUT2D eigenvalue weighted by Gasteiger charge is 1.98. The molecule has 2 heterocycles. The van der Waals surface area contributed by atoms with Gasteiger partial charge in [-0.3, -0.25) is 4.98 Å². The number of nitrogens with zero attached hydrogens (tertiary/aromatic N) is 1. The van der Waals surface area contributed by atoms with E-state index in [2.05, 4.69) is 45.2 Å². The summed E-state index contributed by atoms with van der Waals surface area (Å²) < 4.78 is 6.79. The van der Waals surface area contributed by atoms with Crippen molar-refractivity contribution in [2.45, 2.75) is 19.4 Å². The maximum absolute atomic E-state index is 5.63. The number of thiophene rings is 1. The van der Waals surface area contributed by atoms with Crippen LogP contribution in [-0.4, -0.2) is 11.6 Å². The normalized spacial score (nSPS) is 10.6. The van der Waals surface area contributed by atoms with Gasteiger partial charge in [-0.1, -0.05) is 0 Å². The summed E-state index contributed by atoms with van der Waals surface area (Å²) in [5.74, 6) is 0. The summed E-state index contributed by atoms with van der Waals surface area (Å²) in [5, 5.41) is 0. The van der Waals surface area contributed by atoms with Gasteiger partial charge in [-0.25, -0.2) is 0 Å². The molecule has 0 atom stereocenters. The minimum absolute atomic E-state index is 0.715. The molecule has 0 bridgehead atoms. The second-order valence-corrected chi connectivity index (χ2v) is 6.26. The van der Waals surface area contributed by atoms with Gasteiger partial charge in [-0.2, -0.15) is 0 Å². The lowest BCUT2D eigenvalue weighted by Gasteiger charge is -2.02. The highest BCUT2D eigenvalue weighted by Crippen LogP contribution is 2.22. The predicted octanol–water partition coefficient (Wildman–Crippen LogP) is 4.06. The zero-order chi connectivity index (χ0) is 11.9. The number of aromatic nitrogens is 1. The van der Waals surface area contributed by atoms with Crippen molar-refractivity contribution in [3.05, 3.63) is 50.9 Å². The van der Waals surface area contributed by atoms with Gasteiger partial charge < -0.3 is 4.74 Å². The Bertz CT molecular complexity index is 444. The Balaban J connectivity index is 1.61. The first-order valence-electron chi connectivity index (χ1n) is 5.55. The van der Waals surface area contributed by atoms with Crippen molar-refractivity contribution in [1.29, 1.82) is 0 Å². The predicted molar refractivity (Wildman–Crippen MR) is 74.2 cm³/mol. The van der Waals surface area contributed by atoms with E-state index in [4.69, 9.17) is 4.74 Å². The SMILES string of the molecule is Brc1ccc(COCCCc2ccncc2)s1. The van der Waals surface area contributed by atoms with Gasteiger partial charge in [-0.05, 0) is 58.6 Å². The van der Waals surface area contributed by atoms with Crippen LogP contribution in [0, 0.1) is 0 Å². The van der Waals surface area contributed by atoms with Crippen LogP contribution < -0.4 is 0 Å². The van der Waals surface area contributed by atoms with Gasteiger partial charge in [0.25, 0.3) is 0 Å². The van der Waals surface area contributed by atoms with E-state index in [9.17, 15) is 0 Å². The monoisotopic (exact) mass is 311 g/mol. The number of rotatable bonds is 6. The van der Waals surface area contributed by atoms with Crippen LogP contribution in [0.15, 0.2) is 40.4 Å². The molecule has 2 aromatic heterocycles.